The van der Waals surface area contributed by atoms with Crippen LogP contribution >= 0.6 is 0 Å². The van der Waals surface area contributed by atoms with Crippen molar-refractivity contribution >= 4 is 0 Å². The van der Waals surface area contributed by atoms with Gasteiger partial charge in [0.2, 0.25) is 0 Å². The van der Waals surface area contributed by atoms with Crippen LogP contribution in [-0.4, -0.2) is 24.0 Å². The van der Waals surface area contributed by atoms with Gasteiger partial charge >= 0.3 is 32.7 Å². The molecule has 3 heteroatoms. The second-order valence-electron chi connectivity index (χ2n) is 3.52. The maximum absolute atomic E-state index is 8.72. The van der Waals surface area contributed by atoms with Crippen LogP contribution in [0.25, 0.3) is 0 Å². The topological polar surface area (TPSA) is 27.0 Å². The molecule has 1 rings (SSSR count). The van der Waals surface area contributed by atoms with Gasteiger partial charge in [-0.2, -0.15) is 5.26 Å². The van der Waals surface area contributed by atoms with E-state index >= 15 is 0 Å². The van der Waals surface area contributed by atoms with Gasteiger partial charge in [-0.25, -0.2) is 0 Å². The SMILES string of the molecule is CC(C)C1[CH-]CC(C#N)N1C.[Y+3]. The van der Waals surface area contributed by atoms with Crippen LogP contribution in [-0.2, 0) is 32.7 Å². The third-order valence-electron chi connectivity index (χ3n) is 2.39. The van der Waals surface area contributed by atoms with Gasteiger partial charge in [0.1, 0.15) is 0 Å². The summed E-state index contributed by atoms with van der Waals surface area (Å²) in [6.45, 7) is 4.38. The molecule has 0 aromatic heterocycles. The first-order chi connectivity index (χ1) is 5.16. The van der Waals surface area contributed by atoms with Crippen LogP contribution in [0.2, 0.25) is 0 Å². The van der Waals surface area contributed by atoms with Crippen molar-refractivity contribution in [2.24, 2.45) is 5.92 Å². The fraction of sp³-hybridized carbons (Fsp3) is 0.778. The van der Waals surface area contributed by atoms with Gasteiger partial charge in [0, 0.05) is 0 Å². The second kappa shape index (κ2) is 5.32. The first-order valence-corrected chi connectivity index (χ1v) is 4.11. The quantitative estimate of drug-likeness (QED) is 0.648. The maximum Gasteiger partial charge on any atom is 3.00 e. The average Bonchev–Trinajstić information content (AvgIpc) is 2.30. The normalized spacial score (nSPS) is 29.9. The summed E-state index contributed by atoms with van der Waals surface area (Å²) in [6.07, 6.45) is 3.18. The van der Waals surface area contributed by atoms with Gasteiger partial charge in [-0.3, -0.25) is 0 Å². The maximum atomic E-state index is 8.72. The molecule has 0 saturated carbocycles. The Labute approximate surface area is 100 Å². The molecule has 12 heavy (non-hydrogen) atoms. The Morgan fingerprint density at radius 2 is 2.17 bits per heavy atom. The molecule has 0 spiro atoms. The summed E-state index contributed by atoms with van der Waals surface area (Å²) < 4.78 is 0. The summed E-state index contributed by atoms with van der Waals surface area (Å²) in [5.41, 5.74) is 0. The van der Waals surface area contributed by atoms with E-state index in [4.69, 9.17) is 5.26 Å². The van der Waals surface area contributed by atoms with Crippen molar-refractivity contribution in [1.82, 2.24) is 4.90 Å². The monoisotopic (exact) mass is 240 g/mol. The standard InChI is InChI=1S/C9H15N2.Y/c1-7(2)9-5-4-8(6-10)11(9)3;/h5,7-9H,4H2,1-3H3;/q-1;+3. The second-order valence-corrected chi connectivity index (χ2v) is 3.52. The molecule has 0 N–H and O–H groups in total. The summed E-state index contributed by atoms with van der Waals surface area (Å²) in [5, 5.41) is 8.72. The van der Waals surface area contributed by atoms with Crippen molar-refractivity contribution in [3.8, 4) is 6.07 Å². The molecule has 2 nitrogen and oxygen atoms in total. The van der Waals surface area contributed by atoms with Crippen LogP contribution in [0.3, 0.4) is 0 Å². The fourth-order valence-corrected chi connectivity index (χ4v) is 1.69. The Morgan fingerprint density at radius 3 is 2.42 bits per heavy atom. The number of nitriles is 1. The zero-order chi connectivity index (χ0) is 8.43. The van der Waals surface area contributed by atoms with Gasteiger partial charge < -0.3 is 11.3 Å². The van der Waals surface area contributed by atoms with E-state index in [2.05, 4.69) is 31.2 Å². The van der Waals surface area contributed by atoms with Crippen LogP contribution in [0.5, 0.6) is 0 Å². The molecule has 1 aliphatic heterocycles. The molecule has 2 unspecified atom stereocenters. The van der Waals surface area contributed by atoms with Gasteiger partial charge in [0.25, 0.3) is 0 Å². The summed E-state index contributed by atoms with van der Waals surface area (Å²) in [4.78, 5) is 2.16. The number of hydrogen-bond acceptors (Lipinski definition) is 2. The van der Waals surface area contributed by atoms with E-state index in [1.165, 1.54) is 0 Å². The van der Waals surface area contributed by atoms with Crippen molar-refractivity contribution < 1.29 is 32.7 Å². The smallest absolute Gasteiger partial charge is 0.320 e. The number of likely N-dealkylation sites (tertiary alicyclic amines) is 1. The van der Waals surface area contributed by atoms with Gasteiger partial charge in [-0.1, -0.05) is 19.8 Å². The zero-order valence-corrected chi connectivity index (χ0v) is 10.8. The molecule has 0 aromatic rings. The van der Waals surface area contributed by atoms with Crippen molar-refractivity contribution in [2.75, 3.05) is 7.05 Å². The molecule has 0 amide bonds. The third-order valence-corrected chi connectivity index (χ3v) is 2.39. The molecule has 0 radical (unpaired) electrons. The van der Waals surface area contributed by atoms with E-state index < -0.39 is 0 Å². The van der Waals surface area contributed by atoms with E-state index in [1.807, 2.05) is 7.05 Å². The predicted molar refractivity (Wildman–Crippen MR) is 44.7 cm³/mol. The van der Waals surface area contributed by atoms with Gasteiger partial charge in [0.05, 0.1) is 12.1 Å². The first kappa shape index (κ1) is 12.6. The summed E-state index contributed by atoms with van der Waals surface area (Å²) in [7, 11) is 2.03. The average molecular weight is 240 g/mol. The Bertz CT molecular complexity index is 174. The number of hydrogen-bond donors (Lipinski definition) is 0. The van der Waals surface area contributed by atoms with E-state index in [0.29, 0.717) is 12.0 Å². The predicted octanol–water partition coefficient (Wildman–Crippen LogP) is 1.44. The summed E-state index contributed by atoms with van der Waals surface area (Å²) in [6, 6.07) is 2.91. The zero-order valence-electron chi connectivity index (χ0n) is 7.99. The van der Waals surface area contributed by atoms with Crippen molar-refractivity contribution in [1.29, 1.82) is 5.26 Å². The van der Waals surface area contributed by atoms with Gasteiger partial charge in [0.15, 0.2) is 0 Å². The Morgan fingerprint density at radius 1 is 1.58 bits per heavy atom. The molecule has 2 atom stereocenters. The van der Waals surface area contributed by atoms with Crippen LogP contribution in [0, 0.1) is 23.7 Å². The molecule has 1 fully saturated rings. The van der Waals surface area contributed by atoms with E-state index in [1.54, 1.807) is 0 Å². The Kier molecular flexibility index (Phi) is 5.57. The minimum Gasteiger partial charge on any atom is -0.320 e. The molecule has 1 heterocycles. The summed E-state index contributed by atoms with van der Waals surface area (Å²) >= 11 is 0. The number of nitrogens with zero attached hydrogens (tertiary/aromatic N) is 2. The minimum atomic E-state index is 0. The molecule has 0 aromatic carbocycles. The van der Waals surface area contributed by atoms with E-state index in [9.17, 15) is 0 Å². The van der Waals surface area contributed by atoms with Crippen LogP contribution in [0.15, 0.2) is 0 Å². The van der Waals surface area contributed by atoms with E-state index in [0.717, 1.165) is 6.42 Å². The van der Waals surface area contributed by atoms with Crippen LogP contribution in [0.1, 0.15) is 20.3 Å². The molecular weight excluding hydrogens is 225 g/mol. The van der Waals surface area contributed by atoms with Gasteiger partial charge in [-0.15, -0.1) is 12.5 Å². The van der Waals surface area contributed by atoms with Crippen molar-refractivity contribution in [3.63, 3.8) is 0 Å². The molecule has 1 saturated heterocycles. The molecule has 0 aliphatic carbocycles. The fourth-order valence-electron chi connectivity index (χ4n) is 1.69. The van der Waals surface area contributed by atoms with Crippen molar-refractivity contribution in [2.45, 2.75) is 32.4 Å². The van der Waals surface area contributed by atoms with Gasteiger partial charge in [-0.05, 0) is 7.05 Å². The molecular formula is C9H15N2Y+2. The van der Waals surface area contributed by atoms with Crippen LogP contribution in [0.4, 0.5) is 0 Å². The van der Waals surface area contributed by atoms with Crippen molar-refractivity contribution in [3.05, 3.63) is 6.42 Å². The Balaban J connectivity index is 0.00000121. The third kappa shape index (κ3) is 2.52. The largest absolute Gasteiger partial charge is 3.00 e. The van der Waals surface area contributed by atoms with Crippen LogP contribution < -0.4 is 0 Å². The molecule has 62 valence electrons. The van der Waals surface area contributed by atoms with E-state index in [-0.39, 0.29) is 38.8 Å². The molecule has 1 aliphatic rings. The number of rotatable bonds is 1. The Hall–Kier alpha value is 0.554. The first-order valence-electron chi connectivity index (χ1n) is 4.11. The summed E-state index contributed by atoms with van der Waals surface area (Å²) in [5.74, 6) is 0.623. The molecule has 0 bridgehead atoms. The minimum absolute atomic E-state index is 0.